The van der Waals surface area contributed by atoms with Crippen LogP contribution in [-0.4, -0.2) is 11.5 Å². The Bertz CT molecular complexity index is 480. The van der Waals surface area contributed by atoms with Gasteiger partial charge in [0.1, 0.15) is 5.75 Å². The lowest BCUT2D eigenvalue weighted by atomic mass is 10.1. The molecule has 14 heavy (non-hydrogen) atoms. The molecule has 0 aliphatic rings. The summed E-state index contributed by atoms with van der Waals surface area (Å²) in [5, 5.41) is 2.10. The summed E-state index contributed by atoms with van der Waals surface area (Å²) in [6, 6.07) is 7.40. The maximum Gasteiger partial charge on any atom is 0.298 e. The van der Waals surface area contributed by atoms with Gasteiger partial charge in [-0.1, -0.05) is 6.07 Å². The molecule has 0 atom stereocenters. The number of rotatable bonds is 2. The zero-order valence-corrected chi connectivity index (χ0v) is 7.73. The van der Waals surface area contributed by atoms with Gasteiger partial charge < -0.3 is 4.74 Å². The van der Waals surface area contributed by atoms with Gasteiger partial charge in [-0.2, -0.15) is 0 Å². The van der Waals surface area contributed by atoms with Crippen LogP contribution in [0.1, 0.15) is 5.69 Å². The van der Waals surface area contributed by atoms with Gasteiger partial charge >= 0.3 is 0 Å². The van der Waals surface area contributed by atoms with Crippen LogP contribution in [-0.2, 0) is 4.79 Å². The maximum atomic E-state index is 10.2. The number of benzene rings is 1. The predicted octanol–water partition coefficient (Wildman–Crippen LogP) is 2.08. The summed E-state index contributed by atoms with van der Waals surface area (Å²) in [5.41, 5.74) is 0.929. The zero-order valence-electron chi connectivity index (χ0n) is 7.73. The molecule has 3 heteroatoms. The second-order valence-corrected chi connectivity index (χ2v) is 2.99. The standard InChI is InChI=1S/C11H9NO2/c1-8-11-6-10(14-7-13)3-2-9(11)4-5-12-8/h2-7H,1H3. The lowest BCUT2D eigenvalue weighted by Crippen LogP contribution is -1.89. The Labute approximate surface area is 81.3 Å². The molecule has 0 radical (unpaired) electrons. The predicted molar refractivity (Wildman–Crippen MR) is 53.2 cm³/mol. The number of ether oxygens (including phenoxy) is 1. The number of aryl methyl sites for hydroxylation is 1. The molecule has 1 aromatic carbocycles. The molecule has 2 rings (SSSR count). The Balaban J connectivity index is 2.63. The molecule has 1 aromatic heterocycles. The molecule has 3 nitrogen and oxygen atoms in total. The largest absolute Gasteiger partial charge is 0.429 e. The van der Waals surface area contributed by atoms with Crippen LogP contribution < -0.4 is 4.74 Å². The van der Waals surface area contributed by atoms with E-state index < -0.39 is 0 Å². The van der Waals surface area contributed by atoms with E-state index in [9.17, 15) is 4.79 Å². The number of pyridine rings is 1. The molecule has 0 fully saturated rings. The van der Waals surface area contributed by atoms with Gasteiger partial charge in [-0.15, -0.1) is 0 Å². The number of fused-ring (bicyclic) bond motifs is 1. The van der Waals surface area contributed by atoms with E-state index in [1.54, 1.807) is 12.3 Å². The second kappa shape index (κ2) is 3.46. The molecule has 0 N–H and O–H groups in total. The number of hydrogen-bond donors (Lipinski definition) is 0. The van der Waals surface area contributed by atoms with Gasteiger partial charge in [0, 0.05) is 17.3 Å². The lowest BCUT2D eigenvalue weighted by molar-refractivity contribution is -0.120. The molecule has 0 spiro atoms. The molecule has 0 aliphatic carbocycles. The molecule has 0 saturated carbocycles. The quantitative estimate of drug-likeness (QED) is 0.675. The van der Waals surface area contributed by atoms with Crippen LogP contribution >= 0.6 is 0 Å². The van der Waals surface area contributed by atoms with Crippen molar-refractivity contribution in [3.05, 3.63) is 36.2 Å². The van der Waals surface area contributed by atoms with Crippen molar-refractivity contribution in [2.24, 2.45) is 0 Å². The first-order chi connectivity index (χ1) is 6.81. The van der Waals surface area contributed by atoms with E-state index in [4.69, 9.17) is 4.74 Å². The number of carbonyl (C=O) groups is 1. The summed E-state index contributed by atoms with van der Waals surface area (Å²) in [4.78, 5) is 14.3. The second-order valence-electron chi connectivity index (χ2n) is 2.99. The summed E-state index contributed by atoms with van der Waals surface area (Å²) in [6.45, 7) is 2.35. The smallest absolute Gasteiger partial charge is 0.298 e. The molecule has 2 aromatic rings. The highest BCUT2D eigenvalue weighted by Gasteiger charge is 1.99. The van der Waals surface area contributed by atoms with Gasteiger partial charge in [0.05, 0.1) is 0 Å². The van der Waals surface area contributed by atoms with Crippen molar-refractivity contribution in [2.45, 2.75) is 6.92 Å². The summed E-state index contributed by atoms with van der Waals surface area (Å²) >= 11 is 0. The van der Waals surface area contributed by atoms with Crippen molar-refractivity contribution in [2.75, 3.05) is 0 Å². The Morgan fingerprint density at radius 3 is 3.00 bits per heavy atom. The maximum absolute atomic E-state index is 10.2. The van der Waals surface area contributed by atoms with Crippen LogP contribution in [0.2, 0.25) is 0 Å². The molecule has 0 unspecified atom stereocenters. The summed E-state index contributed by atoms with van der Waals surface area (Å²) in [6.07, 6.45) is 1.76. The molecule has 0 aliphatic heterocycles. The SMILES string of the molecule is Cc1nccc2ccc(OC=O)cc12. The Kier molecular flexibility index (Phi) is 2.14. The third-order valence-electron chi connectivity index (χ3n) is 2.12. The molecule has 1 heterocycles. The van der Waals surface area contributed by atoms with E-state index in [0.717, 1.165) is 16.5 Å². The average molecular weight is 187 g/mol. The number of aromatic nitrogens is 1. The Morgan fingerprint density at radius 2 is 2.21 bits per heavy atom. The number of nitrogens with zero attached hydrogens (tertiary/aromatic N) is 1. The van der Waals surface area contributed by atoms with Crippen LogP contribution in [0.15, 0.2) is 30.5 Å². The third kappa shape index (κ3) is 1.44. The van der Waals surface area contributed by atoms with Gasteiger partial charge in [-0.3, -0.25) is 9.78 Å². The van der Waals surface area contributed by atoms with Gasteiger partial charge in [-0.05, 0) is 30.5 Å². The van der Waals surface area contributed by atoms with E-state index in [0.29, 0.717) is 12.2 Å². The minimum absolute atomic E-state index is 0.423. The van der Waals surface area contributed by atoms with Crippen LogP contribution in [0, 0.1) is 6.92 Å². The van der Waals surface area contributed by atoms with Crippen molar-refractivity contribution in [1.29, 1.82) is 0 Å². The fraction of sp³-hybridized carbons (Fsp3) is 0.0909. The van der Waals surface area contributed by atoms with Crippen molar-refractivity contribution < 1.29 is 9.53 Å². The minimum atomic E-state index is 0.423. The first-order valence-electron chi connectivity index (χ1n) is 4.27. The highest BCUT2D eigenvalue weighted by Crippen LogP contribution is 2.21. The first-order valence-corrected chi connectivity index (χ1v) is 4.27. The van der Waals surface area contributed by atoms with Crippen molar-refractivity contribution in [3.63, 3.8) is 0 Å². The van der Waals surface area contributed by atoms with Crippen LogP contribution in [0.25, 0.3) is 10.8 Å². The average Bonchev–Trinajstić information content (AvgIpc) is 2.20. The Morgan fingerprint density at radius 1 is 1.36 bits per heavy atom. The fourth-order valence-corrected chi connectivity index (χ4v) is 1.42. The monoisotopic (exact) mass is 187 g/mol. The Hall–Kier alpha value is -1.90. The van der Waals surface area contributed by atoms with Crippen molar-refractivity contribution >= 4 is 17.2 Å². The third-order valence-corrected chi connectivity index (χ3v) is 2.12. The normalized spacial score (nSPS) is 10.1. The van der Waals surface area contributed by atoms with E-state index in [2.05, 4.69) is 4.98 Å². The highest BCUT2D eigenvalue weighted by atomic mass is 16.5. The first kappa shape index (κ1) is 8.69. The number of carbonyl (C=O) groups excluding carboxylic acids is 1. The zero-order chi connectivity index (χ0) is 9.97. The molecule has 70 valence electrons. The fourth-order valence-electron chi connectivity index (χ4n) is 1.42. The number of hydrogen-bond acceptors (Lipinski definition) is 3. The van der Waals surface area contributed by atoms with Gasteiger partial charge in [0.15, 0.2) is 0 Å². The molecule has 0 saturated heterocycles. The lowest BCUT2D eigenvalue weighted by Gasteiger charge is -2.02. The van der Waals surface area contributed by atoms with E-state index in [1.807, 2.05) is 25.1 Å². The highest BCUT2D eigenvalue weighted by molar-refractivity contribution is 5.85. The topological polar surface area (TPSA) is 39.2 Å². The summed E-state index contributed by atoms with van der Waals surface area (Å²) < 4.78 is 4.76. The van der Waals surface area contributed by atoms with E-state index >= 15 is 0 Å². The van der Waals surface area contributed by atoms with Gasteiger partial charge in [0.2, 0.25) is 0 Å². The summed E-state index contributed by atoms with van der Waals surface area (Å²) in [7, 11) is 0. The molecular formula is C11H9NO2. The molecular weight excluding hydrogens is 178 g/mol. The van der Waals surface area contributed by atoms with Gasteiger partial charge in [-0.25, -0.2) is 0 Å². The van der Waals surface area contributed by atoms with Gasteiger partial charge in [0.25, 0.3) is 6.47 Å². The van der Waals surface area contributed by atoms with Crippen molar-refractivity contribution in [1.82, 2.24) is 4.98 Å². The van der Waals surface area contributed by atoms with Crippen LogP contribution in [0.3, 0.4) is 0 Å². The molecule has 0 bridgehead atoms. The van der Waals surface area contributed by atoms with Crippen molar-refractivity contribution in [3.8, 4) is 5.75 Å². The summed E-state index contributed by atoms with van der Waals surface area (Å²) in [5.74, 6) is 0.545. The molecule has 0 amide bonds. The van der Waals surface area contributed by atoms with E-state index in [1.165, 1.54) is 0 Å². The minimum Gasteiger partial charge on any atom is -0.429 e. The van der Waals surface area contributed by atoms with Crippen LogP contribution in [0.5, 0.6) is 5.75 Å². The van der Waals surface area contributed by atoms with E-state index in [-0.39, 0.29) is 0 Å². The van der Waals surface area contributed by atoms with Crippen LogP contribution in [0.4, 0.5) is 0 Å².